The molecule has 0 spiro atoms. The van der Waals surface area contributed by atoms with E-state index in [1.54, 1.807) is 0 Å². The van der Waals surface area contributed by atoms with Crippen molar-refractivity contribution < 1.29 is 19.8 Å². The molecular formula is C16H25NO4. The topological polar surface area (TPSA) is 77.8 Å². The van der Waals surface area contributed by atoms with Gasteiger partial charge in [-0.2, -0.15) is 0 Å². The molecule has 3 fully saturated rings. The van der Waals surface area contributed by atoms with Crippen LogP contribution >= 0.6 is 0 Å². The van der Waals surface area contributed by atoms with Gasteiger partial charge in [0.05, 0.1) is 6.10 Å². The molecule has 1 saturated heterocycles. The van der Waals surface area contributed by atoms with Crippen molar-refractivity contribution in [3.05, 3.63) is 0 Å². The van der Waals surface area contributed by atoms with Crippen LogP contribution in [-0.2, 0) is 9.59 Å². The molecule has 1 amide bonds. The number of carboxylic acids is 1. The Hall–Kier alpha value is -1.10. The normalized spacial score (nSPS) is 39.9. The Kier molecular flexibility index (Phi) is 4.20. The van der Waals surface area contributed by atoms with Gasteiger partial charge in [-0.1, -0.05) is 25.7 Å². The first-order valence-corrected chi connectivity index (χ1v) is 8.27. The lowest BCUT2D eigenvalue weighted by atomic mass is 9.67. The highest BCUT2D eigenvalue weighted by Crippen LogP contribution is 2.43. The third-order valence-electron chi connectivity index (χ3n) is 5.74. The quantitative estimate of drug-likeness (QED) is 0.812. The van der Waals surface area contributed by atoms with Crippen molar-refractivity contribution in [1.29, 1.82) is 0 Å². The van der Waals surface area contributed by atoms with Gasteiger partial charge in [0.25, 0.3) is 0 Å². The lowest BCUT2D eigenvalue weighted by molar-refractivity contribution is -0.151. The molecule has 0 aromatic rings. The van der Waals surface area contributed by atoms with Crippen LogP contribution in [0.4, 0.5) is 0 Å². The van der Waals surface area contributed by atoms with Crippen LogP contribution in [0.3, 0.4) is 0 Å². The van der Waals surface area contributed by atoms with Crippen LogP contribution in [0.2, 0.25) is 0 Å². The Morgan fingerprint density at radius 3 is 2.38 bits per heavy atom. The van der Waals surface area contributed by atoms with Gasteiger partial charge in [0.1, 0.15) is 6.04 Å². The van der Waals surface area contributed by atoms with Crippen LogP contribution in [0.15, 0.2) is 0 Å². The maximum absolute atomic E-state index is 12.7. The van der Waals surface area contributed by atoms with E-state index in [-0.39, 0.29) is 24.8 Å². The smallest absolute Gasteiger partial charge is 0.326 e. The second kappa shape index (κ2) is 5.95. The van der Waals surface area contributed by atoms with Gasteiger partial charge in [-0.15, -0.1) is 0 Å². The van der Waals surface area contributed by atoms with Gasteiger partial charge in [0.15, 0.2) is 0 Å². The fourth-order valence-electron chi connectivity index (χ4n) is 4.62. The SMILES string of the molecule is O=C(O)[C@@H]1CC(O)CN1C(=O)C1CCC2CCCCC2C1. The van der Waals surface area contributed by atoms with Gasteiger partial charge >= 0.3 is 5.97 Å². The minimum absolute atomic E-state index is 0.0310. The zero-order chi connectivity index (χ0) is 15.0. The lowest BCUT2D eigenvalue weighted by Crippen LogP contribution is -2.45. The van der Waals surface area contributed by atoms with Gasteiger partial charge in [-0.05, 0) is 31.1 Å². The molecule has 0 aromatic carbocycles. The molecule has 2 saturated carbocycles. The highest BCUT2D eigenvalue weighted by molar-refractivity contribution is 5.86. The average Bonchev–Trinajstić information content (AvgIpc) is 2.88. The number of carbonyl (C=O) groups excluding carboxylic acids is 1. The number of β-amino-alcohol motifs (C(OH)–C–C–N with tert-alkyl or cyclic N) is 1. The van der Waals surface area contributed by atoms with E-state index < -0.39 is 18.1 Å². The molecule has 0 aromatic heterocycles. The predicted molar refractivity (Wildman–Crippen MR) is 76.5 cm³/mol. The summed E-state index contributed by atoms with van der Waals surface area (Å²) in [6, 6.07) is -0.837. The molecule has 3 rings (SSSR count). The summed E-state index contributed by atoms with van der Waals surface area (Å²) in [4.78, 5) is 25.4. The van der Waals surface area contributed by atoms with Gasteiger partial charge < -0.3 is 15.1 Å². The Labute approximate surface area is 125 Å². The number of hydrogen-bond donors (Lipinski definition) is 2. The molecule has 5 heteroatoms. The summed E-state index contributed by atoms with van der Waals surface area (Å²) in [5.74, 6) is 0.366. The van der Waals surface area contributed by atoms with Gasteiger partial charge in [0.2, 0.25) is 5.91 Å². The van der Waals surface area contributed by atoms with Crippen LogP contribution in [-0.4, -0.2) is 45.7 Å². The van der Waals surface area contributed by atoms with Crippen molar-refractivity contribution in [2.45, 2.75) is 63.5 Å². The summed E-state index contributed by atoms with van der Waals surface area (Å²) in [5.41, 5.74) is 0. The molecular weight excluding hydrogens is 270 g/mol. The number of aliphatic hydroxyl groups is 1. The summed E-state index contributed by atoms with van der Waals surface area (Å²) >= 11 is 0. The fraction of sp³-hybridized carbons (Fsp3) is 0.875. The summed E-state index contributed by atoms with van der Waals surface area (Å²) < 4.78 is 0. The summed E-state index contributed by atoms with van der Waals surface area (Å²) in [5, 5.41) is 18.9. The number of aliphatic hydroxyl groups excluding tert-OH is 1. The van der Waals surface area contributed by atoms with Gasteiger partial charge in [-0.25, -0.2) is 4.79 Å². The van der Waals surface area contributed by atoms with Gasteiger partial charge in [-0.3, -0.25) is 4.79 Å². The maximum Gasteiger partial charge on any atom is 0.326 e. The van der Waals surface area contributed by atoms with Crippen LogP contribution in [0.25, 0.3) is 0 Å². The molecule has 1 heterocycles. The molecule has 0 bridgehead atoms. The molecule has 118 valence electrons. The first-order chi connectivity index (χ1) is 10.1. The number of amides is 1. The number of carboxylic acid groups (broad SMARTS) is 1. The molecule has 4 unspecified atom stereocenters. The number of hydrogen-bond acceptors (Lipinski definition) is 3. The van der Waals surface area contributed by atoms with Crippen molar-refractivity contribution in [3.63, 3.8) is 0 Å². The van der Waals surface area contributed by atoms with Crippen molar-refractivity contribution in [2.75, 3.05) is 6.54 Å². The van der Waals surface area contributed by atoms with Crippen LogP contribution < -0.4 is 0 Å². The minimum atomic E-state index is -0.994. The Morgan fingerprint density at radius 1 is 0.952 bits per heavy atom. The van der Waals surface area contributed by atoms with Crippen LogP contribution in [0, 0.1) is 17.8 Å². The highest BCUT2D eigenvalue weighted by Gasteiger charge is 2.43. The molecule has 5 nitrogen and oxygen atoms in total. The summed E-state index contributed by atoms with van der Waals surface area (Å²) in [7, 11) is 0. The Bertz CT molecular complexity index is 425. The molecule has 0 radical (unpaired) electrons. The number of aliphatic carboxylic acids is 1. The monoisotopic (exact) mass is 295 g/mol. The van der Waals surface area contributed by atoms with E-state index in [1.807, 2.05) is 0 Å². The maximum atomic E-state index is 12.7. The zero-order valence-corrected chi connectivity index (χ0v) is 12.4. The van der Waals surface area contributed by atoms with Crippen molar-refractivity contribution >= 4 is 11.9 Å². The van der Waals surface area contributed by atoms with E-state index in [4.69, 9.17) is 0 Å². The molecule has 21 heavy (non-hydrogen) atoms. The van der Waals surface area contributed by atoms with E-state index in [0.717, 1.165) is 25.2 Å². The first kappa shape index (κ1) is 14.8. The van der Waals surface area contributed by atoms with E-state index >= 15 is 0 Å². The number of carbonyl (C=O) groups is 2. The Morgan fingerprint density at radius 2 is 1.67 bits per heavy atom. The van der Waals surface area contributed by atoms with Gasteiger partial charge in [0, 0.05) is 18.9 Å². The van der Waals surface area contributed by atoms with Crippen molar-refractivity contribution in [1.82, 2.24) is 4.90 Å². The standard InChI is InChI=1S/C16H25NO4/c18-13-8-14(16(20)21)17(9-13)15(19)12-6-5-10-3-1-2-4-11(10)7-12/h10-14,18H,1-9H2,(H,20,21)/t10?,11?,12?,13?,14-/m0/s1. The fourth-order valence-corrected chi connectivity index (χ4v) is 4.62. The van der Waals surface area contributed by atoms with E-state index in [2.05, 4.69) is 0 Å². The first-order valence-electron chi connectivity index (χ1n) is 8.27. The lowest BCUT2D eigenvalue weighted by Gasteiger charge is -2.40. The Balaban J connectivity index is 1.66. The van der Waals surface area contributed by atoms with Crippen LogP contribution in [0.5, 0.6) is 0 Å². The number of rotatable bonds is 2. The predicted octanol–water partition coefficient (Wildman–Crippen LogP) is 1.64. The highest BCUT2D eigenvalue weighted by atomic mass is 16.4. The summed E-state index contributed by atoms with van der Waals surface area (Å²) in [6.45, 7) is 0.181. The van der Waals surface area contributed by atoms with Crippen molar-refractivity contribution in [2.24, 2.45) is 17.8 Å². The second-order valence-electron chi connectivity index (χ2n) is 7.05. The molecule has 2 N–H and O–H groups in total. The number of likely N-dealkylation sites (tertiary alicyclic amines) is 1. The molecule has 1 aliphatic heterocycles. The molecule has 2 aliphatic carbocycles. The summed E-state index contributed by atoms with van der Waals surface area (Å²) in [6.07, 6.45) is 7.49. The average molecular weight is 295 g/mol. The minimum Gasteiger partial charge on any atom is -0.480 e. The largest absolute Gasteiger partial charge is 0.480 e. The zero-order valence-electron chi connectivity index (χ0n) is 12.4. The third kappa shape index (κ3) is 2.93. The molecule has 5 atom stereocenters. The van der Waals surface area contributed by atoms with Crippen molar-refractivity contribution in [3.8, 4) is 0 Å². The van der Waals surface area contributed by atoms with Crippen LogP contribution in [0.1, 0.15) is 51.4 Å². The van der Waals surface area contributed by atoms with E-state index in [9.17, 15) is 19.8 Å². The van der Waals surface area contributed by atoms with E-state index in [0.29, 0.717) is 5.92 Å². The third-order valence-corrected chi connectivity index (χ3v) is 5.74. The number of nitrogens with zero attached hydrogens (tertiary/aromatic N) is 1. The number of fused-ring (bicyclic) bond motifs is 1. The second-order valence-corrected chi connectivity index (χ2v) is 7.05. The molecule has 3 aliphatic rings. The van der Waals surface area contributed by atoms with E-state index in [1.165, 1.54) is 30.6 Å².